The first kappa shape index (κ1) is 19.3. The molecule has 0 saturated heterocycles. The molecule has 0 unspecified atom stereocenters. The quantitative estimate of drug-likeness (QED) is 0.489. The lowest BCUT2D eigenvalue weighted by Crippen LogP contribution is -2.23. The van der Waals surface area contributed by atoms with Crippen LogP contribution in [0.2, 0.25) is 0 Å². The van der Waals surface area contributed by atoms with E-state index in [4.69, 9.17) is 14.2 Å². The first-order chi connectivity index (χ1) is 14.6. The topological polar surface area (TPSA) is 99.9 Å². The van der Waals surface area contributed by atoms with Crippen molar-refractivity contribution in [2.24, 2.45) is 0 Å². The highest BCUT2D eigenvalue weighted by Gasteiger charge is 2.19. The molecule has 0 aromatic heterocycles. The van der Waals surface area contributed by atoms with Gasteiger partial charge in [-0.1, -0.05) is 24.3 Å². The maximum atomic E-state index is 12.8. The molecule has 0 fully saturated rings. The number of nitrogens with one attached hydrogen (secondary N) is 1. The van der Waals surface area contributed by atoms with Crippen molar-refractivity contribution < 1.29 is 23.9 Å². The number of amides is 1. The van der Waals surface area contributed by atoms with Crippen molar-refractivity contribution in [2.75, 3.05) is 13.2 Å². The van der Waals surface area contributed by atoms with Crippen LogP contribution < -0.4 is 19.5 Å². The Morgan fingerprint density at radius 3 is 2.53 bits per heavy atom. The molecule has 0 radical (unpaired) electrons. The second-order valence-electron chi connectivity index (χ2n) is 6.51. The molecule has 1 aliphatic rings. The summed E-state index contributed by atoms with van der Waals surface area (Å²) in [6.45, 7) is 1.18. The molecule has 0 spiro atoms. The van der Waals surface area contributed by atoms with Crippen LogP contribution in [0.15, 0.2) is 66.7 Å². The van der Waals surface area contributed by atoms with Gasteiger partial charge in [-0.3, -0.25) is 14.9 Å². The largest absolute Gasteiger partial charge is 0.486 e. The number of hydrogen-bond donors (Lipinski definition) is 1. The zero-order valence-corrected chi connectivity index (χ0v) is 15.9. The molecule has 3 aromatic carbocycles. The Morgan fingerprint density at radius 1 is 1.00 bits per heavy atom. The molecule has 4 rings (SSSR count). The van der Waals surface area contributed by atoms with Gasteiger partial charge in [-0.15, -0.1) is 0 Å². The van der Waals surface area contributed by atoms with E-state index in [1.54, 1.807) is 36.4 Å². The summed E-state index contributed by atoms with van der Waals surface area (Å²) in [5.74, 6) is 1.54. The van der Waals surface area contributed by atoms with E-state index in [9.17, 15) is 14.9 Å². The predicted octanol–water partition coefficient (Wildman–Crippen LogP) is 4.09. The van der Waals surface area contributed by atoms with Gasteiger partial charge in [-0.05, 0) is 35.9 Å². The summed E-state index contributed by atoms with van der Waals surface area (Å²) in [4.78, 5) is 23.4. The van der Waals surface area contributed by atoms with Gasteiger partial charge in [0.1, 0.15) is 24.7 Å². The van der Waals surface area contributed by atoms with Crippen LogP contribution in [0.5, 0.6) is 23.0 Å². The van der Waals surface area contributed by atoms with Crippen molar-refractivity contribution in [2.45, 2.75) is 6.54 Å². The van der Waals surface area contributed by atoms with E-state index in [1.807, 2.05) is 12.1 Å². The molecular weight excluding hydrogens is 388 g/mol. The molecule has 0 aliphatic carbocycles. The fourth-order valence-corrected chi connectivity index (χ4v) is 2.99. The molecule has 0 saturated carbocycles. The molecule has 1 heterocycles. The first-order valence-electron chi connectivity index (χ1n) is 9.28. The van der Waals surface area contributed by atoms with Gasteiger partial charge in [0.15, 0.2) is 11.5 Å². The average Bonchev–Trinajstić information content (AvgIpc) is 2.78. The number of carbonyl (C=O) groups is 1. The maximum Gasteiger partial charge on any atom is 0.270 e. The molecule has 1 aliphatic heterocycles. The highest BCUT2D eigenvalue weighted by Crippen LogP contribution is 2.31. The summed E-state index contributed by atoms with van der Waals surface area (Å²) >= 11 is 0. The molecule has 8 nitrogen and oxygen atoms in total. The summed E-state index contributed by atoms with van der Waals surface area (Å²) in [7, 11) is 0. The molecule has 30 heavy (non-hydrogen) atoms. The van der Waals surface area contributed by atoms with Crippen molar-refractivity contribution in [1.82, 2.24) is 5.32 Å². The number of non-ortho nitro benzene ring substituents is 1. The zero-order chi connectivity index (χ0) is 20.9. The second-order valence-corrected chi connectivity index (χ2v) is 6.51. The number of nitro groups is 1. The molecule has 8 heteroatoms. The summed E-state index contributed by atoms with van der Waals surface area (Å²) in [6, 6.07) is 18.2. The van der Waals surface area contributed by atoms with Gasteiger partial charge in [-0.2, -0.15) is 0 Å². The number of benzene rings is 3. The third-order valence-corrected chi connectivity index (χ3v) is 4.45. The van der Waals surface area contributed by atoms with Crippen LogP contribution in [-0.4, -0.2) is 24.0 Å². The summed E-state index contributed by atoms with van der Waals surface area (Å²) in [6.07, 6.45) is 0. The number of carbonyl (C=O) groups excluding carboxylic acids is 1. The number of nitro benzene ring substituents is 1. The minimum absolute atomic E-state index is 0.0746. The van der Waals surface area contributed by atoms with E-state index in [2.05, 4.69) is 5.32 Å². The van der Waals surface area contributed by atoms with E-state index < -0.39 is 10.8 Å². The fraction of sp³-hybridized carbons (Fsp3) is 0.136. The van der Waals surface area contributed by atoms with Crippen molar-refractivity contribution in [1.29, 1.82) is 0 Å². The zero-order valence-electron chi connectivity index (χ0n) is 15.9. The number of ether oxygens (including phenoxy) is 3. The standard InChI is InChI=1S/C22H18N2O6/c25-22(23-14-15-6-8-20-21(12-15)29-11-10-28-20)18-13-16(24(26)27)7-9-19(18)30-17-4-2-1-3-5-17/h1-9,12-13H,10-11,14H2,(H,23,25). The summed E-state index contributed by atoms with van der Waals surface area (Å²) < 4.78 is 16.8. The molecular formula is C22H18N2O6. The van der Waals surface area contributed by atoms with Gasteiger partial charge < -0.3 is 19.5 Å². The van der Waals surface area contributed by atoms with Crippen LogP contribution in [0.3, 0.4) is 0 Å². The molecule has 0 atom stereocenters. The molecule has 0 bridgehead atoms. The Labute approximate surface area is 172 Å². The Bertz CT molecular complexity index is 1080. The lowest BCUT2D eigenvalue weighted by molar-refractivity contribution is -0.384. The Kier molecular flexibility index (Phi) is 5.47. The van der Waals surface area contributed by atoms with Gasteiger partial charge in [-0.25, -0.2) is 0 Å². The molecule has 152 valence electrons. The average molecular weight is 406 g/mol. The number of hydrogen-bond acceptors (Lipinski definition) is 6. The predicted molar refractivity (Wildman–Crippen MR) is 108 cm³/mol. The Balaban J connectivity index is 1.54. The molecule has 1 N–H and O–H groups in total. The monoisotopic (exact) mass is 406 g/mol. The van der Waals surface area contributed by atoms with E-state index >= 15 is 0 Å². The van der Waals surface area contributed by atoms with Gasteiger partial charge in [0.2, 0.25) is 0 Å². The third kappa shape index (κ3) is 4.33. The van der Waals surface area contributed by atoms with Crippen LogP contribution >= 0.6 is 0 Å². The van der Waals surface area contributed by atoms with Crippen molar-refractivity contribution in [3.05, 3.63) is 88.0 Å². The van der Waals surface area contributed by atoms with Crippen LogP contribution in [-0.2, 0) is 6.54 Å². The van der Waals surface area contributed by atoms with Crippen LogP contribution in [0.1, 0.15) is 15.9 Å². The Hall–Kier alpha value is -4.07. The Morgan fingerprint density at radius 2 is 1.77 bits per heavy atom. The van der Waals surface area contributed by atoms with E-state index in [0.717, 1.165) is 5.56 Å². The van der Waals surface area contributed by atoms with Gasteiger partial charge in [0.25, 0.3) is 11.6 Å². The van der Waals surface area contributed by atoms with Crippen molar-refractivity contribution in [3.8, 4) is 23.0 Å². The van der Waals surface area contributed by atoms with Crippen LogP contribution in [0, 0.1) is 10.1 Å². The van der Waals surface area contributed by atoms with E-state index in [1.165, 1.54) is 18.2 Å². The highest BCUT2D eigenvalue weighted by molar-refractivity contribution is 5.97. The second kappa shape index (κ2) is 8.52. The first-order valence-corrected chi connectivity index (χ1v) is 9.28. The number of nitrogens with zero attached hydrogens (tertiary/aromatic N) is 1. The van der Waals surface area contributed by atoms with Gasteiger partial charge >= 0.3 is 0 Å². The minimum atomic E-state index is -0.552. The third-order valence-electron chi connectivity index (χ3n) is 4.45. The number of rotatable bonds is 6. The van der Waals surface area contributed by atoms with Gasteiger partial charge in [0, 0.05) is 18.7 Å². The molecule has 1 amide bonds. The van der Waals surface area contributed by atoms with E-state index in [-0.39, 0.29) is 23.5 Å². The lowest BCUT2D eigenvalue weighted by atomic mass is 10.1. The van der Waals surface area contributed by atoms with Crippen LogP contribution in [0.25, 0.3) is 0 Å². The molecule has 3 aromatic rings. The maximum absolute atomic E-state index is 12.8. The normalized spacial score (nSPS) is 12.1. The SMILES string of the molecule is O=C(NCc1ccc2c(c1)OCCO2)c1cc([N+](=O)[O-])ccc1Oc1ccccc1. The van der Waals surface area contributed by atoms with Crippen molar-refractivity contribution >= 4 is 11.6 Å². The number of fused-ring (bicyclic) bond motifs is 1. The van der Waals surface area contributed by atoms with Gasteiger partial charge in [0.05, 0.1) is 10.5 Å². The minimum Gasteiger partial charge on any atom is -0.486 e. The lowest BCUT2D eigenvalue weighted by Gasteiger charge is -2.19. The fourth-order valence-electron chi connectivity index (χ4n) is 2.99. The summed E-state index contributed by atoms with van der Waals surface area (Å²) in [5.41, 5.74) is 0.689. The highest BCUT2D eigenvalue weighted by atomic mass is 16.6. The van der Waals surface area contributed by atoms with Crippen LogP contribution in [0.4, 0.5) is 5.69 Å². The smallest absolute Gasteiger partial charge is 0.270 e. The van der Waals surface area contributed by atoms with E-state index in [0.29, 0.717) is 30.5 Å². The van der Waals surface area contributed by atoms with Crippen molar-refractivity contribution in [3.63, 3.8) is 0 Å². The summed E-state index contributed by atoms with van der Waals surface area (Å²) in [5, 5.41) is 13.9. The number of para-hydroxylation sites is 1.